The maximum atomic E-state index is 12.3. The molecule has 0 fully saturated rings. The normalized spacial score (nSPS) is 14.8. The minimum atomic E-state index is -1.23. The van der Waals surface area contributed by atoms with Crippen molar-refractivity contribution in [3.05, 3.63) is 29.8 Å². The Labute approximate surface area is 159 Å². The van der Waals surface area contributed by atoms with Crippen molar-refractivity contribution in [2.45, 2.75) is 44.6 Å². The van der Waals surface area contributed by atoms with Crippen molar-refractivity contribution in [1.29, 1.82) is 0 Å². The molecular weight excluding hydrogens is 348 g/mol. The number of nitrogens with one attached hydrogen (secondary N) is 1. The predicted octanol–water partition coefficient (Wildman–Crippen LogP) is 0.605. The van der Waals surface area contributed by atoms with Crippen LogP contribution in [-0.4, -0.2) is 38.7 Å². The van der Waals surface area contributed by atoms with Gasteiger partial charge in [0.1, 0.15) is 17.5 Å². The number of carbonyl (C=O) groups excluding carboxylic acids is 2. The number of ether oxygens (including phenoxy) is 2. The van der Waals surface area contributed by atoms with Crippen LogP contribution in [-0.2, 0) is 9.59 Å². The summed E-state index contributed by atoms with van der Waals surface area (Å²) in [6.45, 7) is 0.629. The van der Waals surface area contributed by atoms with Crippen LogP contribution in [0.4, 0.5) is 5.69 Å². The molecule has 0 bridgehead atoms. The van der Waals surface area contributed by atoms with E-state index in [2.05, 4.69) is 11.4 Å². The Bertz CT molecular complexity index is 687. The summed E-state index contributed by atoms with van der Waals surface area (Å²) in [5, 5.41) is 15.8. The number of amides is 1. The standard InChI is InChI=1S/C20H28N2O5/c1-26-15-8-9-16(18(12-15)27-2)22-19(23)13-17(20(24)25)21-11-10-14-6-4-3-5-7-14/h6,8-9,12,17,21H,3-5,7,10-11,13H2,1-2H3,(H,22,23)(H,24,25)/t17-/m1/s1. The lowest BCUT2D eigenvalue weighted by molar-refractivity contribution is -0.682. The van der Waals surface area contributed by atoms with Crippen LogP contribution in [0.5, 0.6) is 11.5 Å². The number of hydrogen-bond acceptors (Lipinski definition) is 5. The SMILES string of the molecule is COc1ccc(NC(=O)C[C@@H]([NH2+]CCC2=CCCCC2)C(=O)[O-])c(OC)c1. The Morgan fingerprint density at radius 3 is 2.70 bits per heavy atom. The van der Waals surface area contributed by atoms with Crippen molar-refractivity contribution in [2.24, 2.45) is 0 Å². The van der Waals surface area contributed by atoms with Gasteiger partial charge in [0.25, 0.3) is 0 Å². The molecule has 0 heterocycles. The van der Waals surface area contributed by atoms with Gasteiger partial charge in [-0.1, -0.05) is 11.6 Å². The van der Waals surface area contributed by atoms with E-state index in [1.54, 1.807) is 23.5 Å². The van der Waals surface area contributed by atoms with E-state index in [0.29, 0.717) is 23.7 Å². The van der Waals surface area contributed by atoms with Gasteiger partial charge in [-0.2, -0.15) is 0 Å². The first-order chi connectivity index (χ1) is 13.0. The molecule has 2 rings (SSSR count). The lowest BCUT2D eigenvalue weighted by Crippen LogP contribution is -2.93. The molecular formula is C20H28N2O5. The fourth-order valence-corrected chi connectivity index (χ4v) is 3.17. The van der Waals surface area contributed by atoms with Gasteiger partial charge in [-0.3, -0.25) is 4.79 Å². The third kappa shape index (κ3) is 6.60. The average molecular weight is 376 g/mol. The number of anilines is 1. The van der Waals surface area contributed by atoms with Gasteiger partial charge in [0.05, 0.1) is 38.8 Å². The first-order valence-electron chi connectivity index (χ1n) is 9.27. The molecule has 3 N–H and O–H groups in total. The van der Waals surface area contributed by atoms with Crippen molar-refractivity contribution in [1.82, 2.24) is 0 Å². The largest absolute Gasteiger partial charge is 0.544 e. The van der Waals surface area contributed by atoms with Crippen LogP contribution in [0.25, 0.3) is 0 Å². The van der Waals surface area contributed by atoms with Gasteiger partial charge in [-0.25, -0.2) is 0 Å². The molecule has 1 aliphatic carbocycles. The van der Waals surface area contributed by atoms with Gasteiger partial charge in [0.15, 0.2) is 0 Å². The summed E-state index contributed by atoms with van der Waals surface area (Å²) in [5.41, 5.74) is 1.84. The molecule has 0 unspecified atom stereocenters. The molecule has 1 atom stereocenters. The first-order valence-corrected chi connectivity index (χ1v) is 9.27. The minimum Gasteiger partial charge on any atom is -0.544 e. The molecule has 0 aromatic heterocycles. The predicted molar refractivity (Wildman–Crippen MR) is 99.5 cm³/mol. The zero-order chi connectivity index (χ0) is 19.6. The molecule has 0 aliphatic heterocycles. The number of aliphatic carboxylic acids is 1. The van der Waals surface area contributed by atoms with Crippen molar-refractivity contribution >= 4 is 17.6 Å². The summed E-state index contributed by atoms with van der Waals surface area (Å²) in [7, 11) is 3.03. The topological polar surface area (TPSA) is 104 Å². The summed E-state index contributed by atoms with van der Waals surface area (Å²) in [5.74, 6) is -0.589. The Morgan fingerprint density at radius 2 is 2.07 bits per heavy atom. The number of hydrogen-bond donors (Lipinski definition) is 2. The van der Waals surface area contributed by atoms with Crippen molar-refractivity contribution < 1.29 is 29.5 Å². The number of benzene rings is 1. The third-order valence-electron chi connectivity index (χ3n) is 4.69. The number of rotatable bonds is 10. The van der Waals surface area contributed by atoms with E-state index in [-0.39, 0.29) is 6.42 Å². The van der Waals surface area contributed by atoms with Gasteiger partial charge in [0, 0.05) is 12.5 Å². The van der Waals surface area contributed by atoms with Gasteiger partial charge in [-0.15, -0.1) is 0 Å². The zero-order valence-electron chi connectivity index (χ0n) is 16.0. The molecule has 1 aliphatic rings. The highest BCUT2D eigenvalue weighted by Gasteiger charge is 2.19. The number of carboxylic acid groups (broad SMARTS) is 1. The molecule has 1 aromatic rings. The molecule has 0 radical (unpaired) electrons. The summed E-state index contributed by atoms with van der Waals surface area (Å²) in [4.78, 5) is 23.7. The van der Waals surface area contributed by atoms with E-state index in [9.17, 15) is 14.7 Å². The van der Waals surface area contributed by atoms with E-state index in [4.69, 9.17) is 9.47 Å². The fraction of sp³-hybridized carbons (Fsp3) is 0.500. The van der Waals surface area contributed by atoms with Crippen LogP contribution in [0.15, 0.2) is 29.8 Å². The van der Waals surface area contributed by atoms with Crippen LogP contribution in [0, 0.1) is 0 Å². The van der Waals surface area contributed by atoms with Crippen LogP contribution in [0.2, 0.25) is 0 Å². The highest BCUT2D eigenvalue weighted by Crippen LogP contribution is 2.29. The number of methoxy groups -OCH3 is 2. The van der Waals surface area contributed by atoms with Gasteiger partial charge in [0.2, 0.25) is 5.91 Å². The molecule has 7 nitrogen and oxygen atoms in total. The smallest absolute Gasteiger partial charge is 0.230 e. The number of allylic oxidation sites excluding steroid dienone is 1. The monoisotopic (exact) mass is 376 g/mol. The average Bonchev–Trinajstić information content (AvgIpc) is 2.68. The molecule has 1 amide bonds. The summed E-state index contributed by atoms with van der Waals surface area (Å²) >= 11 is 0. The van der Waals surface area contributed by atoms with E-state index >= 15 is 0 Å². The Balaban J connectivity index is 1.88. The third-order valence-corrected chi connectivity index (χ3v) is 4.69. The molecule has 0 spiro atoms. The van der Waals surface area contributed by atoms with Crippen molar-refractivity contribution in [2.75, 3.05) is 26.1 Å². The highest BCUT2D eigenvalue weighted by molar-refractivity contribution is 5.94. The molecule has 0 saturated heterocycles. The second-order valence-corrected chi connectivity index (χ2v) is 6.63. The van der Waals surface area contributed by atoms with Gasteiger partial charge < -0.3 is 30.0 Å². The van der Waals surface area contributed by atoms with E-state index in [1.165, 1.54) is 32.6 Å². The zero-order valence-corrected chi connectivity index (χ0v) is 16.0. The molecule has 7 heteroatoms. The van der Waals surface area contributed by atoms with E-state index in [1.807, 2.05) is 0 Å². The van der Waals surface area contributed by atoms with Crippen LogP contribution in [0.3, 0.4) is 0 Å². The Kier molecular flexibility index (Phi) is 8.13. The first kappa shape index (κ1) is 20.8. The Hall–Kier alpha value is -2.54. The summed E-state index contributed by atoms with van der Waals surface area (Å²) in [6, 6.07) is 4.08. The molecule has 1 aromatic carbocycles. The highest BCUT2D eigenvalue weighted by atomic mass is 16.5. The maximum absolute atomic E-state index is 12.3. The van der Waals surface area contributed by atoms with E-state index < -0.39 is 17.9 Å². The quantitative estimate of drug-likeness (QED) is 0.582. The van der Waals surface area contributed by atoms with Gasteiger partial charge in [-0.05, 0) is 37.8 Å². The fourth-order valence-electron chi connectivity index (χ4n) is 3.17. The second kappa shape index (κ2) is 10.6. The number of nitrogens with two attached hydrogens (primary N) is 1. The second-order valence-electron chi connectivity index (χ2n) is 6.63. The number of carbonyl (C=O) groups is 2. The molecule has 0 saturated carbocycles. The lowest BCUT2D eigenvalue weighted by Gasteiger charge is -2.18. The molecule has 27 heavy (non-hydrogen) atoms. The lowest BCUT2D eigenvalue weighted by atomic mass is 9.97. The number of carboxylic acids is 1. The van der Waals surface area contributed by atoms with Crippen molar-refractivity contribution in [3.8, 4) is 11.5 Å². The van der Waals surface area contributed by atoms with E-state index in [0.717, 1.165) is 19.3 Å². The van der Waals surface area contributed by atoms with Crippen LogP contribution in [0.1, 0.15) is 38.5 Å². The summed E-state index contributed by atoms with van der Waals surface area (Å²) < 4.78 is 10.4. The van der Waals surface area contributed by atoms with Crippen LogP contribution >= 0.6 is 0 Å². The Morgan fingerprint density at radius 1 is 1.26 bits per heavy atom. The minimum absolute atomic E-state index is 0.170. The summed E-state index contributed by atoms with van der Waals surface area (Å²) in [6.07, 6.45) is 7.53. The van der Waals surface area contributed by atoms with Crippen LogP contribution < -0.4 is 25.2 Å². The number of quaternary nitrogens is 1. The van der Waals surface area contributed by atoms with Gasteiger partial charge >= 0.3 is 0 Å². The maximum Gasteiger partial charge on any atom is 0.230 e. The van der Waals surface area contributed by atoms with Crippen molar-refractivity contribution in [3.63, 3.8) is 0 Å². The molecule has 148 valence electrons.